The van der Waals surface area contributed by atoms with Crippen molar-refractivity contribution in [2.45, 2.75) is 32.2 Å². The molecule has 4 rings (SSSR count). The second-order valence-electron chi connectivity index (χ2n) is 7.38. The molecule has 1 saturated carbocycles. The Morgan fingerprint density at radius 3 is 2.50 bits per heavy atom. The molecule has 7 heteroatoms. The molecule has 28 heavy (non-hydrogen) atoms. The third-order valence-corrected chi connectivity index (χ3v) is 5.40. The van der Waals surface area contributed by atoms with Crippen LogP contribution in [0.5, 0.6) is 0 Å². The molecule has 5 nitrogen and oxygen atoms in total. The normalized spacial score (nSPS) is 15.2. The molecule has 1 heterocycles. The van der Waals surface area contributed by atoms with E-state index in [0.29, 0.717) is 18.0 Å². The maximum absolute atomic E-state index is 12.8. The summed E-state index contributed by atoms with van der Waals surface area (Å²) in [5.74, 6) is 1.30. The van der Waals surface area contributed by atoms with Gasteiger partial charge in [0, 0.05) is 17.8 Å². The third kappa shape index (κ3) is 4.02. The minimum atomic E-state index is -0.328. The fourth-order valence-corrected chi connectivity index (χ4v) is 3.62. The number of carbonyl (C=O) groups is 1. The third-order valence-electron chi connectivity index (χ3n) is 5.40. The van der Waals surface area contributed by atoms with E-state index in [1.165, 1.54) is 0 Å². The van der Waals surface area contributed by atoms with Crippen LogP contribution in [0.15, 0.2) is 48.5 Å². The van der Waals surface area contributed by atoms with Crippen molar-refractivity contribution >= 4 is 41.8 Å². The molecule has 0 saturated heterocycles. The Bertz CT molecular complexity index is 969. The first-order chi connectivity index (χ1) is 12.5. The maximum atomic E-state index is 12.8. The van der Waals surface area contributed by atoms with Crippen molar-refractivity contribution in [3.63, 3.8) is 0 Å². The number of nitrogens with two attached hydrogens (primary N) is 1. The molecular weight excluding hydrogens is 395 g/mol. The van der Waals surface area contributed by atoms with Gasteiger partial charge < -0.3 is 11.1 Å². The molecule has 1 amide bonds. The maximum Gasteiger partial charge on any atom is 0.251 e. The zero-order valence-corrected chi connectivity index (χ0v) is 17.6. The van der Waals surface area contributed by atoms with Gasteiger partial charge in [-0.25, -0.2) is 4.98 Å². The Morgan fingerprint density at radius 1 is 1.21 bits per heavy atom. The van der Waals surface area contributed by atoms with Crippen LogP contribution in [0.3, 0.4) is 0 Å². The fraction of sp³-hybridized carbons (Fsp3) is 0.333. The number of halogens is 2. The Kier molecular flexibility index (Phi) is 6.75. The van der Waals surface area contributed by atoms with Gasteiger partial charge in [0.1, 0.15) is 5.82 Å². The van der Waals surface area contributed by atoms with Crippen molar-refractivity contribution in [1.82, 2.24) is 14.9 Å². The number of aromatic nitrogens is 2. The van der Waals surface area contributed by atoms with Crippen LogP contribution in [0.4, 0.5) is 0 Å². The lowest BCUT2D eigenvalue weighted by Crippen LogP contribution is -2.53. The highest BCUT2D eigenvalue weighted by Gasteiger charge is 2.41. The lowest BCUT2D eigenvalue weighted by molar-refractivity contribution is 0.0898. The van der Waals surface area contributed by atoms with Gasteiger partial charge in [0.15, 0.2) is 0 Å². The second-order valence-corrected chi connectivity index (χ2v) is 7.38. The van der Waals surface area contributed by atoms with Crippen LogP contribution in [0.1, 0.15) is 35.9 Å². The van der Waals surface area contributed by atoms with Crippen LogP contribution >= 0.6 is 24.8 Å². The highest BCUT2D eigenvalue weighted by atomic mass is 35.5. The van der Waals surface area contributed by atoms with Crippen LogP contribution < -0.4 is 11.1 Å². The first-order valence-electron chi connectivity index (χ1n) is 9.09. The van der Waals surface area contributed by atoms with Gasteiger partial charge in [0.2, 0.25) is 0 Å². The van der Waals surface area contributed by atoms with Crippen LogP contribution in [0, 0.1) is 12.8 Å². The molecule has 3 N–H and O–H groups in total. The van der Waals surface area contributed by atoms with E-state index in [9.17, 15) is 4.79 Å². The summed E-state index contributed by atoms with van der Waals surface area (Å²) in [5.41, 5.74) is 9.09. The number of imidazole rings is 1. The van der Waals surface area contributed by atoms with Crippen molar-refractivity contribution in [3.8, 4) is 5.69 Å². The molecule has 0 aliphatic heterocycles. The van der Waals surface area contributed by atoms with E-state index in [0.717, 1.165) is 35.4 Å². The number of nitrogens with one attached hydrogen (secondary N) is 1. The van der Waals surface area contributed by atoms with E-state index in [2.05, 4.69) is 27.0 Å². The summed E-state index contributed by atoms with van der Waals surface area (Å²) < 4.78 is 2.10. The minimum Gasteiger partial charge on any atom is -0.345 e. The second kappa shape index (κ2) is 8.52. The molecule has 1 aromatic heterocycles. The van der Waals surface area contributed by atoms with Gasteiger partial charge in [-0.05, 0) is 62.9 Å². The van der Waals surface area contributed by atoms with Crippen LogP contribution in [-0.4, -0.2) is 27.5 Å². The smallest absolute Gasteiger partial charge is 0.251 e. The monoisotopic (exact) mass is 420 g/mol. The summed E-state index contributed by atoms with van der Waals surface area (Å²) in [6, 6.07) is 15.8. The van der Waals surface area contributed by atoms with Gasteiger partial charge in [0.05, 0.1) is 16.6 Å². The van der Waals surface area contributed by atoms with Crippen LogP contribution in [0.2, 0.25) is 0 Å². The number of hydrogen-bond acceptors (Lipinski definition) is 3. The highest BCUT2D eigenvalue weighted by Crippen LogP contribution is 2.39. The Hall–Kier alpha value is -2.08. The van der Waals surface area contributed by atoms with E-state index in [4.69, 9.17) is 5.73 Å². The van der Waals surface area contributed by atoms with Gasteiger partial charge in [-0.2, -0.15) is 0 Å². The molecule has 0 bridgehead atoms. The van der Waals surface area contributed by atoms with E-state index in [-0.39, 0.29) is 36.3 Å². The number of para-hydroxylation sites is 1. The number of hydrogen-bond donors (Lipinski definition) is 2. The molecule has 1 unspecified atom stereocenters. The molecule has 1 aliphatic carbocycles. The Labute approximate surface area is 177 Å². The molecule has 1 aliphatic rings. The van der Waals surface area contributed by atoms with Crippen molar-refractivity contribution in [2.75, 3.05) is 6.54 Å². The van der Waals surface area contributed by atoms with Gasteiger partial charge in [-0.15, -0.1) is 24.8 Å². The number of carbonyl (C=O) groups excluding carboxylic acids is 1. The zero-order chi connectivity index (χ0) is 18.3. The predicted molar refractivity (Wildman–Crippen MR) is 118 cm³/mol. The first kappa shape index (κ1) is 22.2. The van der Waals surface area contributed by atoms with Crippen LogP contribution in [-0.2, 0) is 0 Å². The zero-order valence-electron chi connectivity index (χ0n) is 16.0. The SMILES string of the molecule is Cc1nc2cc(C(=O)NC(C)(CN)C3CC3)ccc2n1-c1ccccc1.Cl.Cl. The summed E-state index contributed by atoms with van der Waals surface area (Å²) in [6.45, 7) is 4.47. The molecule has 1 fully saturated rings. The largest absolute Gasteiger partial charge is 0.345 e. The van der Waals surface area contributed by atoms with Gasteiger partial charge in [0.25, 0.3) is 5.91 Å². The lowest BCUT2D eigenvalue weighted by atomic mass is 9.95. The van der Waals surface area contributed by atoms with E-state index >= 15 is 0 Å². The number of fused-ring (bicyclic) bond motifs is 1. The molecule has 150 valence electrons. The lowest BCUT2D eigenvalue weighted by Gasteiger charge is -2.29. The molecular formula is C21H26Cl2N4O. The topological polar surface area (TPSA) is 72.9 Å². The standard InChI is InChI=1S/C21H24N4O.2ClH/c1-14-23-18-12-15(20(26)24-21(2,13-22)16-9-10-16)8-11-19(18)25(14)17-6-4-3-5-7-17;;/h3-8,11-12,16H,9-10,13,22H2,1-2H3,(H,24,26);2*1H. The van der Waals surface area contributed by atoms with Gasteiger partial charge in [-0.1, -0.05) is 18.2 Å². The van der Waals surface area contributed by atoms with Crippen molar-refractivity contribution in [3.05, 3.63) is 59.9 Å². The van der Waals surface area contributed by atoms with Gasteiger partial charge in [-0.3, -0.25) is 9.36 Å². The number of amides is 1. The Morgan fingerprint density at radius 2 is 1.89 bits per heavy atom. The van der Waals surface area contributed by atoms with Crippen molar-refractivity contribution < 1.29 is 4.79 Å². The molecule has 3 aromatic rings. The van der Waals surface area contributed by atoms with Crippen molar-refractivity contribution in [1.29, 1.82) is 0 Å². The Balaban J connectivity index is 0.00000140. The number of rotatable bonds is 5. The number of benzene rings is 2. The van der Waals surface area contributed by atoms with Gasteiger partial charge >= 0.3 is 0 Å². The quantitative estimate of drug-likeness (QED) is 0.653. The average Bonchev–Trinajstić information content (AvgIpc) is 3.45. The minimum absolute atomic E-state index is 0. The average molecular weight is 421 g/mol. The molecule has 0 spiro atoms. The van der Waals surface area contributed by atoms with E-state index in [1.54, 1.807) is 0 Å². The highest BCUT2D eigenvalue weighted by molar-refractivity contribution is 5.98. The first-order valence-corrected chi connectivity index (χ1v) is 9.09. The van der Waals surface area contributed by atoms with Crippen molar-refractivity contribution in [2.24, 2.45) is 11.7 Å². The molecule has 0 radical (unpaired) electrons. The summed E-state index contributed by atoms with van der Waals surface area (Å²) in [6.07, 6.45) is 2.27. The number of aryl methyl sites for hydroxylation is 1. The molecule has 2 aromatic carbocycles. The summed E-state index contributed by atoms with van der Waals surface area (Å²) >= 11 is 0. The predicted octanol–water partition coefficient (Wildman–Crippen LogP) is 4.03. The fourth-order valence-electron chi connectivity index (χ4n) is 3.62. The van der Waals surface area contributed by atoms with E-state index < -0.39 is 0 Å². The summed E-state index contributed by atoms with van der Waals surface area (Å²) in [5, 5.41) is 3.14. The van der Waals surface area contributed by atoms with Crippen LogP contribution in [0.25, 0.3) is 16.7 Å². The number of nitrogens with zero attached hydrogens (tertiary/aromatic N) is 2. The molecule has 1 atom stereocenters. The summed E-state index contributed by atoms with van der Waals surface area (Å²) in [4.78, 5) is 17.4. The van der Waals surface area contributed by atoms with E-state index in [1.807, 2.05) is 50.2 Å². The summed E-state index contributed by atoms with van der Waals surface area (Å²) in [7, 11) is 0.